The zero-order chi connectivity index (χ0) is 11.5. The number of hydrogen-bond acceptors (Lipinski definition) is 4. The second-order valence-corrected chi connectivity index (χ2v) is 3.83. The number of benzene rings is 1. The van der Waals surface area contributed by atoms with Crippen molar-refractivity contribution in [3.8, 4) is 5.69 Å². The molecule has 3 rings (SSSR count). The molecule has 1 saturated heterocycles. The maximum absolute atomic E-state index is 5.64. The maximum atomic E-state index is 5.64. The first-order chi connectivity index (χ1) is 8.45. The van der Waals surface area contributed by atoms with Gasteiger partial charge in [0.2, 0.25) is 0 Å². The summed E-state index contributed by atoms with van der Waals surface area (Å²) in [6.45, 7) is 1.79. The Labute approximate surface area is 99.0 Å². The van der Waals surface area contributed by atoms with Crippen LogP contribution in [-0.4, -0.2) is 34.6 Å². The van der Waals surface area contributed by atoms with Crippen molar-refractivity contribution in [2.75, 3.05) is 19.8 Å². The van der Waals surface area contributed by atoms with Crippen molar-refractivity contribution in [1.29, 1.82) is 0 Å². The lowest BCUT2D eigenvalue weighted by molar-refractivity contribution is -0.0941. The fraction of sp³-hybridized carbons (Fsp3) is 0.333. The number of aromatic nitrogens is 3. The van der Waals surface area contributed by atoms with Crippen LogP contribution in [0.15, 0.2) is 36.7 Å². The van der Waals surface area contributed by atoms with Gasteiger partial charge in [0.25, 0.3) is 0 Å². The Balaban J connectivity index is 1.93. The molecule has 1 aliphatic rings. The summed E-state index contributed by atoms with van der Waals surface area (Å²) in [4.78, 5) is 0. The Hall–Kier alpha value is -1.72. The van der Waals surface area contributed by atoms with Crippen LogP contribution in [-0.2, 0) is 9.47 Å². The Bertz CT molecular complexity index is 478. The maximum Gasteiger partial charge on any atom is 0.169 e. The van der Waals surface area contributed by atoms with Crippen molar-refractivity contribution in [1.82, 2.24) is 14.8 Å². The average molecular weight is 231 g/mol. The third kappa shape index (κ3) is 2.07. The van der Waals surface area contributed by atoms with E-state index in [0.717, 1.165) is 11.5 Å². The van der Waals surface area contributed by atoms with E-state index < -0.39 is 0 Å². The van der Waals surface area contributed by atoms with Gasteiger partial charge in [0.05, 0.1) is 19.8 Å². The number of rotatable bonds is 2. The summed E-state index contributed by atoms with van der Waals surface area (Å²) in [5.41, 5.74) is 1.03. The zero-order valence-corrected chi connectivity index (χ0v) is 9.32. The van der Waals surface area contributed by atoms with Gasteiger partial charge in [-0.3, -0.25) is 4.57 Å². The molecule has 0 spiro atoms. The molecule has 5 heteroatoms. The second-order valence-electron chi connectivity index (χ2n) is 3.83. The highest BCUT2D eigenvalue weighted by atomic mass is 16.6. The third-order valence-corrected chi connectivity index (χ3v) is 2.71. The Morgan fingerprint density at radius 2 is 2.06 bits per heavy atom. The highest BCUT2D eigenvalue weighted by Crippen LogP contribution is 2.21. The summed E-state index contributed by atoms with van der Waals surface area (Å²) >= 11 is 0. The minimum atomic E-state index is -0.133. The minimum absolute atomic E-state index is 0.133. The van der Waals surface area contributed by atoms with E-state index in [1.165, 1.54) is 0 Å². The molecule has 0 radical (unpaired) electrons. The smallest absolute Gasteiger partial charge is 0.169 e. The van der Waals surface area contributed by atoms with E-state index in [-0.39, 0.29) is 6.10 Å². The van der Waals surface area contributed by atoms with Crippen LogP contribution in [0.3, 0.4) is 0 Å². The molecule has 1 atom stereocenters. The molecule has 5 nitrogen and oxygen atoms in total. The zero-order valence-electron chi connectivity index (χ0n) is 9.32. The van der Waals surface area contributed by atoms with Crippen LogP contribution in [0.1, 0.15) is 11.9 Å². The van der Waals surface area contributed by atoms with Gasteiger partial charge >= 0.3 is 0 Å². The quantitative estimate of drug-likeness (QED) is 0.783. The van der Waals surface area contributed by atoms with Gasteiger partial charge in [0.1, 0.15) is 12.4 Å². The molecule has 2 aromatic rings. The van der Waals surface area contributed by atoms with E-state index in [0.29, 0.717) is 19.8 Å². The van der Waals surface area contributed by atoms with Crippen LogP contribution in [0.4, 0.5) is 0 Å². The fourth-order valence-corrected chi connectivity index (χ4v) is 1.89. The highest BCUT2D eigenvalue weighted by molar-refractivity contribution is 5.32. The predicted octanol–water partition coefficient (Wildman–Crippen LogP) is 1.36. The molecular formula is C12H13N3O2. The molecule has 1 aromatic heterocycles. The van der Waals surface area contributed by atoms with E-state index >= 15 is 0 Å². The van der Waals surface area contributed by atoms with Gasteiger partial charge < -0.3 is 9.47 Å². The van der Waals surface area contributed by atoms with E-state index in [4.69, 9.17) is 9.47 Å². The summed E-state index contributed by atoms with van der Waals surface area (Å²) in [5, 5.41) is 8.08. The largest absolute Gasteiger partial charge is 0.376 e. The van der Waals surface area contributed by atoms with Crippen molar-refractivity contribution in [2.45, 2.75) is 6.10 Å². The van der Waals surface area contributed by atoms with Crippen molar-refractivity contribution < 1.29 is 9.47 Å². The molecule has 1 unspecified atom stereocenters. The van der Waals surface area contributed by atoms with Crippen molar-refractivity contribution in [2.24, 2.45) is 0 Å². The molecule has 0 aliphatic carbocycles. The summed E-state index contributed by atoms with van der Waals surface area (Å²) in [7, 11) is 0. The molecule has 0 N–H and O–H groups in total. The van der Waals surface area contributed by atoms with Crippen LogP contribution >= 0.6 is 0 Å². The van der Waals surface area contributed by atoms with E-state index in [1.54, 1.807) is 6.33 Å². The topological polar surface area (TPSA) is 49.2 Å². The van der Waals surface area contributed by atoms with Crippen LogP contribution in [0.25, 0.3) is 5.69 Å². The van der Waals surface area contributed by atoms with Crippen molar-refractivity contribution in [3.05, 3.63) is 42.5 Å². The predicted molar refractivity (Wildman–Crippen MR) is 60.9 cm³/mol. The van der Waals surface area contributed by atoms with Gasteiger partial charge in [-0.15, -0.1) is 10.2 Å². The van der Waals surface area contributed by atoms with Crippen molar-refractivity contribution in [3.63, 3.8) is 0 Å². The summed E-state index contributed by atoms with van der Waals surface area (Å²) in [6, 6.07) is 9.97. The molecule has 1 fully saturated rings. The molecular weight excluding hydrogens is 218 g/mol. The van der Waals surface area contributed by atoms with Gasteiger partial charge in [0.15, 0.2) is 5.82 Å². The van der Waals surface area contributed by atoms with Crippen LogP contribution in [0, 0.1) is 0 Å². The fourth-order valence-electron chi connectivity index (χ4n) is 1.89. The van der Waals surface area contributed by atoms with Gasteiger partial charge in [-0.2, -0.15) is 0 Å². The first-order valence-corrected chi connectivity index (χ1v) is 5.60. The number of ether oxygens (including phenoxy) is 2. The number of nitrogens with zero attached hydrogens (tertiary/aromatic N) is 3. The first kappa shape index (κ1) is 10.4. The lowest BCUT2D eigenvalue weighted by Gasteiger charge is -2.22. The van der Waals surface area contributed by atoms with Crippen LogP contribution < -0.4 is 0 Å². The standard InChI is InChI=1S/C12H13N3O2/c1-2-4-10(5-3-1)15-9-13-14-12(15)11-8-16-6-7-17-11/h1-5,9,11H,6-8H2. The van der Waals surface area contributed by atoms with E-state index in [9.17, 15) is 0 Å². The lowest BCUT2D eigenvalue weighted by Crippen LogP contribution is -2.24. The molecule has 88 valence electrons. The minimum Gasteiger partial charge on any atom is -0.376 e. The Morgan fingerprint density at radius 1 is 1.18 bits per heavy atom. The van der Waals surface area contributed by atoms with Gasteiger partial charge in [-0.05, 0) is 12.1 Å². The first-order valence-electron chi connectivity index (χ1n) is 5.60. The molecule has 1 aliphatic heterocycles. The molecule has 1 aromatic carbocycles. The second kappa shape index (κ2) is 4.65. The van der Waals surface area contributed by atoms with Gasteiger partial charge in [-0.1, -0.05) is 18.2 Å². The Kier molecular flexibility index (Phi) is 2.85. The van der Waals surface area contributed by atoms with E-state index in [1.807, 2.05) is 34.9 Å². The average Bonchev–Trinajstić information content (AvgIpc) is 2.90. The molecule has 2 heterocycles. The molecule has 17 heavy (non-hydrogen) atoms. The normalized spacial score (nSPS) is 20.4. The lowest BCUT2D eigenvalue weighted by atomic mass is 10.3. The van der Waals surface area contributed by atoms with Crippen LogP contribution in [0.2, 0.25) is 0 Å². The van der Waals surface area contributed by atoms with Crippen molar-refractivity contribution >= 4 is 0 Å². The third-order valence-electron chi connectivity index (χ3n) is 2.71. The highest BCUT2D eigenvalue weighted by Gasteiger charge is 2.22. The molecule has 0 amide bonds. The van der Waals surface area contributed by atoms with E-state index in [2.05, 4.69) is 10.2 Å². The SMILES string of the molecule is c1ccc(-n2cnnc2C2COCCO2)cc1. The number of hydrogen-bond donors (Lipinski definition) is 0. The van der Waals surface area contributed by atoms with Gasteiger partial charge in [0, 0.05) is 5.69 Å². The molecule has 0 saturated carbocycles. The summed E-state index contributed by atoms with van der Waals surface area (Å²) in [6.07, 6.45) is 1.56. The van der Waals surface area contributed by atoms with Gasteiger partial charge in [-0.25, -0.2) is 0 Å². The molecule has 0 bridgehead atoms. The Morgan fingerprint density at radius 3 is 2.82 bits per heavy atom. The van der Waals surface area contributed by atoms with Crippen LogP contribution in [0.5, 0.6) is 0 Å². The number of para-hydroxylation sites is 1. The summed E-state index contributed by atoms with van der Waals surface area (Å²) in [5.74, 6) is 0.788. The summed E-state index contributed by atoms with van der Waals surface area (Å²) < 4.78 is 13.0. The monoisotopic (exact) mass is 231 g/mol.